The van der Waals surface area contributed by atoms with E-state index in [1.807, 2.05) is 0 Å². The molecule has 4 nitrogen and oxygen atoms in total. The summed E-state index contributed by atoms with van der Waals surface area (Å²) in [6.07, 6.45) is 1.96. The first-order valence-electron chi connectivity index (χ1n) is 5.61. The van der Waals surface area contributed by atoms with Gasteiger partial charge < -0.3 is 15.6 Å². The molecular formula is C12H13BrFNO3. The third kappa shape index (κ3) is 2.81. The molecular weight excluding hydrogens is 305 g/mol. The van der Waals surface area contributed by atoms with Crippen LogP contribution in [-0.4, -0.2) is 23.7 Å². The SMILES string of the molecule is NCC(C(=O)O)c1cc(F)cc(Br)c1OC1CC1. The average molecular weight is 318 g/mol. The Morgan fingerprint density at radius 3 is 2.78 bits per heavy atom. The Hall–Kier alpha value is -1.14. The van der Waals surface area contributed by atoms with Gasteiger partial charge in [0.05, 0.1) is 16.5 Å². The maximum atomic E-state index is 13.4. The van der Waals surface area contributed by atoms with Gasteiger partial charge in [0, 0.05) is 12.1 Å². The monoisotopic (exact) mass is 317 g/mol. The van der Waals surface area contributed by atoms with E-state index in [-0.39, 0.29) is 18.2 Å². The van der Waals surface area contributed by atoms with Gasteiger partial charge in [0.2, 0.25) is 0 Å². The second-order valence-corrected chi connectivity index (χ2v) is 5.10. The first kappa shape index (κ1) is 13.3. The maximum Gasteiger partial charge on any atom is 0.312 e. The lowest BCUT2D eigenvalue weighted by Crippen LogP contribution is -2.22. The molecule has 3 N–H and O–H groups in total. The maximum absolute atomic E-state index is 13.4. The molecule has 0 heterocycles. The van der Waals surface area contributed by atoms with Crippen LogP contribution in [0.1, 0.15) is 24.3 Å². The number of hydrogen-bond acceptors (Lipinski definition) is 3. The van der Waals surface area contributed by atoms with Crippen molar-refractivity contribution < 1.29 is 19.0 Å². The van der Waals surface area contributed by atoms with E-state index in [9.17, 15) is 9.18 Å². The summed E-state index contributed by atoms with van der Waals surface area (Å²) < 4.78 is 19.5. The normalized spacial score (nSPS) is 16.4. The third-order valence-corrected chi connectivity index (χ3v) is 3.34. The third-order valence-electron chi connectivity index (χ3n) is 2.76. The van der Waals surface area contributed by atoms with Gasteiger partial charge >= 0.3 is 5.97 Å². The van der Waals surface area contributed by atoms with Crippen molar-refractivity contribution in [2.45, 2.75) is 24.9 Å². The summed E-state index contributed by atoms with van der Waals surface area (Å²) in [5.74, 6) is -2.18. The van der Waals surface area contributed by atoms with Gasteiger partial charge in [-0.1, -0.05) is 0 Å². The van der Waals surface area contributed by atoms with E-state index in [0.29, 0.717) is 10.2 Å². The molecule has 1 saturated carbocycles. The van der Waals surface area contributed by atoms with Crippen LogP contribution < -0.4 is 10.5 Å². The van der Waals surface area contributed by atoms with E-state index in [1.54, 1.807) is 0 Å². The summed E-state index contributed by atoms with van der Waals surface area (Å²) in [5, 5.41) is 9.11. The molecule has 1 aliphatic rings. The number of carboxylic acid groups (broad SMARTS) is 1. The number of aliphatic carboxylic acids is 1. The van der Waals surface area contributed by atoms with E-state index >= 15 is 0 Å². The standard InChI is InChI=1S/C12H13BrFNO3/c13-10-4-6(14)3-8(9(5-15)12(16)17)11(10)18-7-1-2-7/h3-4,7,9H,1-2,5,15H2,(H,16,17). The number of nitrogens with two attached hydrogens (primary N) is 1. The average Bonchev–Trinajstić information content (AvgIpc) is 3.07. The van der Waals surface area contributed by atoms with Crippen molar-refractivity contribution in [1.29, 1.82) is 0 Å². The molecule has 0 radical (unpaired) electrons. The fourth-order valence-electron chi connectivity index (χ4n) is 1.68. The van der Waals surface area contributed by atoms with Gasteiger partial charge in [-0.05, 0) is 40.9 Å². The second-order valence-electron chi connectivity index (χ2n) is 4.25. The van der Waals surface area contributed by atoms with Crippen LogP contribution in [0.5, 0.6) is 5.75 Å². The van der Waals surface area contributed by atoms with Crippen molar-refractivity contribution in [2.24, 2.45) is 5.73 Å². The van der Waals surface area contributed by atoms with Crippen LogP contribution in [0.2, 0.25) is 0 Å². The minimum absolute atomic E-state index is 0.0951. The predicted octanol–water partition coefficient (Wildman–Crippen LogP) is 2.26. The molecule has 0 aliphatic heterocycles. The molecule has 6 heteroatoms. The Balaban J connectivity index is 2.44. The van der Waals surface area contributed by atoms with Crippen molar-refractivity contribution in [2.75, 3.05) is 6.54 Å². The highest BCUT2D eigenvalue weighted by Gasteiger charge is 2.30. The highest BCUT2D eigenvalue weighted by molar-refractivity contribution is 9.10. The van der Waals surface area contributed by atoms with Crippen LogP contribution >= 0.6 is 15.9 Å². The fourth-order valence-corrected chi connectivity index (χ4v) is 2.22. The minimum atomic E-state index is -1.09. The Bertz CT molecular complexity index is 477. The smallest absolute Gasteiger partial charge is 0.312 e. The largest absolute Gasteiger partial charge is 0.489 e. The predicted molar refractivity (Wildman–Crippen MR) is 67.2 cm³/mol. The van der Waals surface area contributed by atoms with Crippen molar-refractivity contribution in [3.05, 3.63) is 28.0 Å². The topological polar surface area (TPSA) is 72.6 Å². The van der Waals surface area contributed by atoms with E-state index in [0.717, 1.165) is 12.8 Å². The van der Waals surface area contributed by atoms with Gasteiger partial charge in [0.15, 0.2) is 0 Å². The van der Waals surface area contributed by atoms with Gasteiger partial charge in [0.25, 0.3) is 0 Å². The number of hydrogen-bond donors (Lipinski definition) is 2. The minimum Gasteiger partial charge on any atom is -0.489 e. The molecule has 1 atom stereocenters. The molecule has 0 amide bonds. The van der Waals surface area contributed by atoms with E-state index in [2.05, 4.69) is 15.9 Å². The first-order chi connectivity index (χ1) is 8.52. The first-order valence-corrected chi connectivity index (χ1v) is 6.40. The molecule has 0 saturated heterocycles. The van der Waals surface area contributed by atoms with Crippen molar-refractivity contribution in [3.63, 3.8) is 0 Å². The van der Waals surface area contributed by atoms with Gasteiger partial charge in [-0.25, -0.2) is 4.39 Å². The molecule has 2 rings (SSSR count). The van der Waals surface area contributed by atoms with Crippen LogP contribution in [0.25, 0.3) is 0 Å². The Labute approximate surface area is 112 Å². The molecule has 0 aromatic heterocycles. The van der Waals surface area contributed by atoms with Crippen LogP contribution in [0.3, 0.4) is 0 Å². The van der Waals surface area contributed by atoms with Gasteiger partial charge in [-0.2, -0.15) is 0 Å². The van der Waals surface area contributed by atoms with E-state index in [4.69, 9.17) is 15.6 Å². The van der Waals surface area contributed by atoms with Crippen molar-refractivity contribution in [3.8, 4) is 5.75 Å². The zero-order valence-electron chi connectivity index (χ0n) is 9.53. The van der Waals surface area contributed by atoms with E-state index in [1.165, 1.54) is 12.1 Å². The Morgan fingerprint density at radius 2 is 2.28 bits per heavy atom. The molecule has 98 valence electrons. The zero-order valence-corrected chi connectivity index (χ0v) is 11.1. The van der Waals surface area contributed by atoms with Crippen LogP contribution in [0.4, 0.5) is 4.39 Å². The summed E-state index contributed by atoms with van der Waals surface area (Å²) in [7, 11) is 0. The number of rotatable bonds is 5. The highest BCUT2D eigenvalue weighted by Crippen LogP contribution is 2.38. The van der Waals surface area contributed by atoms with Crippen LogP contribution in [0.15, 0.2) is 16.6 Å². The summed E-state index contributed by atoms with van der Waals surface area (Å²) in [6.45, 7) is -0.105. The molecule has 1 fully saturated rings. The molecule has 1 unspecified atom stereocenters. The van der Waals surface area contributed by atoms with Gasteiger partial charge in [-0.3, -0.25) is 4.79 Å². The molecule has 1 aromatic rings. The number of carboxylic acids is 1. The summed E-state index contributed by atoms with van der Waals surface area (Å²) in [5.41, 5.74) is 5.73. The number of carbonyl (C=O) groups is 1. The van der Waals surface area contributed by atoms with E-state index < -0.39 is 17.7 Å². The zero-order chi connectivity index (χ0) is 13.3. The lowest BCUT2D eigenvalue weighted by atomic mass is 9.98. The Morgan fingerprint density at radius 1 is 1.61 bits per heavy atom. The number of ether oxygens (including phenoxy) is 1. The number of benzene rings is 1. The highest BCUT2D eigenvalue weighted by atomic mass is 79.9. The molecule has 1 aliphatic carbocycles. The fraction of sp³-hybridized carbons (Fsp3) is 0.417. The van der Waals surface area contributed by atoms with Crippen LogP contribution in [-0.2, 0) is 4.79 Å². The summed E-state index contributed by atoms with van der Waals surface area (Å²) >= 11 is 3.20. The molecule has 0 spiro atoms. The molecule has 0 bridgehead atoms. The summed E-state index contributed by atoms with van der Waals surface area (Å²) in [4.78, 5) is 11.1. The van der Waals surface area contributed by atoms with Gasteiger partial charge in [-0.15, -0.1) is 0 Å². The van der Waals surface area contributed by atoms with Crippen molar-refractivity contribution >= 4 is 21.9 Å². The lowest BCUT2D eigenvalue weighted by molar-refractivity contribution is -0.138. The van der Waals surface area contributed by atoms with Crippen molar-refractivity contribution in [1.82, 2.24) is 0 Å². The molecule has 18 heavy (non-hydrogen) atoms. The quantitative estimate of drug-likeness (QED) is 0.873. The number of halogens is 2. The van der Waals surface area contributed by atoms with Crippen LogP contribution in [0, 0.1) is 5.82 Å². The molecule has 1 aromatic carbocycles. The lowest BCUT2D eigenvalue weighted by Gasteiger charge is -2.17. The summed E-state index contributed by atoms with van der Waals surface area (Å²) in [6, 6.07) is 2.44. The Kier molecular flexibility index (Phi) is 3.87. The second kappa shape index (κ2) is 5.24. The van der Waals surface area contributed by atoms with Gasteiger partial charge in [0.1, 0.15) is 11.6 Å².